The lowest BCUT2D eigenvalue weighted by Crippen LogP contribution is -2.31. The molecule has 3 aromatic rings. The predicted octanol–water partition coefficient (Wildman–Crippen LogP) is 5.38. The highest BCUT2D eigenvalue weighted by atomic mass is 16.5. The van der Waals surface area contributed by atoms with Crippen molar-refractivity contribution in [3.05, 3.63) is 89.6 Å². The molecule has 7 heteroatoms. The van der Waals surface area contributed by atoms with Crippen molar-refractivity contribution in [1.82, 2.24) is 4.98 Å². The topological polar surface area (TPSA) is 101 Å². The number of nitrogens with one attached hydrogen (secondary N) is 1. The van der Waals surface area contributed by atoms with Gasteiger partial charge in [0.05, 0.1) is 25.1 Å². The van der Waals surface area contributed by atoms with Crippen LogP contribution in [0.4, 0.5) is 11.5 Å². The number of Topliss-reactive ketones (excluding diaryl/α,β-unsaturated/α-hetero) is 1. The average molecular weight is 470 g/mol. The molecule has 178 valence electrons. The molecule has 2 aromatic carbocycles. The fourth-order valence-corrected chi connectivity index (χ4v) is 4.19. The van der Waals surface area contributed by atoms with E-state index in [1.54, 1.807) is 32.4 Å². The predicted molar refractivity (Wildman–Crippen MR) is 137 cm³/mol. The van der Waals surface area contributed by atoms with E-state index in [4.69, 9.17) is 9.73 Å². The maximum atomic E-state index is 13.3. The Kier molecular flexibility index (Phi) is 7.35. The van der Waals surface area contributed by atoms with Crippen molar-refractivity contribution >= 4 is 35.0 Å². The van der Waals surface area contributed by atoms with Gasteiger partial charge in [-0.25, -0.2) is 4.98 Å². The van der Waals surface area contributed by atoms with Gasteiger partial charge in [0.25, 0.3) is 0 Å². The molecule has 0 bridgehead atoms. The molecule has 2 heterocycles. The molecule has 2 atom stereocenters. The highest BCUT2D eigenvalue weighted by Crippen LogP contribution is 2.36. The number of aliphatic imine (C=N–C) groups is 1. The average Bonchev–Trinajstić information content (AvgIpc) is 2.88. The fraction of sp³-hybridized carbons (Fsp3) is 0.214. The Morgan fingerprint density at radius 3 is 2.77 bits per heavy atom. The smallest absolute Gasteiger partial charge is 0.304 e. The molecule has 0 radical (unpaired) electrons. The molecule has 0 amide bonds. The van der Waals surface area contributed by atoms with Gasteiger partial charge in [0.15, 0.2) is 5.78 Å². The first kappa shape index (κ1) is 23.9. The highest BCUT2D eigenvalue weighted by molar-refractivity contribution is 6.20. The molecule has 0 spiro atoms. The van der Waals surface area contributed by atoms with Gasteiger partial charge < -0.3 is 15.2 Å². The third kappa shape index (κ3) is 5.63. The SMILES string of the molecule is COc1cccc([C@@H](CC(=O)O)C2=Nc3ccc(/C=C/CNc4ccccn4)cc3C(=O)C2C)c1. The maximum absolute atomic E-state index is 13.3. The Bertz CT molecular complexity index is 1280. The number of anilines is 1. The summed E-state index contributed by atoms with van der Waals surface area (Å²) < 4.78 is 5.31. The van der Waals surface area contributed by atoms with Crippen LogP contribution in [0.1, 0.15) is 40.7 Å². The number of benzene rings is 2. The number of hydrogen-bond donors (Lipinski definition) is 2. The largest absolute Gasteiger partial charge is 0.497 e. The number of ether oxygens (including phenoxy) is 1. The minimum absolute atomic E-state index is 0.0647. The Morgan fingerprint density at radius 2 is 2.03 bits per heavy atom. The zero-order chi connectivity index (χ0) is 24.8. The molecule has 35 heavy (non-hydrogen) atoms. The first-order chi connectivity index (χ1) is 17.0. The van der Waals surface area contributed by atoms with E-state index in [1.165, 1.54) is 0 Å². The summed E-state index contributed by atoms with van der Waals surface area (Å²) in [5.41, 5.74) is 3.31. The molecule has 0 saturated carbocycles. The standard InChI is InChI=1S/C28H27N3O4/c1-18-27(22(17-26(32)33)20-8-5-9-21(16-20)35-2)31-24-12-11-19(15-23(24)28(18)34)7-6-14-30-25-10-3-4-13-29-25/h3-13,15-16,18,22H,14,17H2,1-2H3,(H,29,30)(H,32,33)/b7-6+/t18?,22-/m1/s1. The number of rotatable bonds is 9. The van der Waals surface area contributed by atoms with Crippen LogP contribution in [0, 0.1) is 5.92 Å². The lowest BCUT2D eigenvalue weighted by Gasteiger charge is -2.27. The second-order valence-electron chi connectivity index (χ2n) is 8.32. The summed E-state index contributed by atoms with van der Waals surface area (Å²) in [4.78, 5) is 34.0. The summed E-state index contributed by atoms with van der Waals surface area (Å²) in [5, 5.41) is 12.8. The van der Waals surface area contributed by atoms with Crippen LogP contribution in [0.2, 0.25) is 0 Å². The van der Waals surface area contributed by atoms with Crippen LogP contribution in [0.25, 0.3) is 6.08 Å². The van der Waals surface area contributed by atoms with Gasteiger partial charge in [-0.1, -0.05) is 36.4 Å². The van der Waals surface area contributed by atoms with Crippen molar-refractivity contribution in [3.63, 3.8) is 0 Å². The molecule has 0 saturated heterocycles. The van der Waals surface area contributed by atoms with Crippen LogP contribution in [0.15, 0.2) is 77.9 Å². The lowest BCUT2D eigenvalue weighted by molar-refractivity contribution is -0.137. The summed E-state index contributed by atoms with van der Waals surface area (Å²) in [6.45, 7) is 2.39. The van der Waals surface area contributed by atoms with E-state index < -0.39 is 17.8 Å². The molecule has 2 N–H and O–H groups in total. The third-order valence-electron chi connectivity index (χ3n) is 5.98. The summed E-state index contributed by atoms with van der Waals surface area (Å²) in [7, 11) is 1.56. The fourth-order valence-electron chi connectivity index (χ4n) is 4.19. The molecule has 4 rings (SSSR count). The summed E-state index contributed by atoms with van der Waals surface area (Å²) in [6, 6.07) is 18.5. The van der Waals surface area contributed by atoms with Gasteiger partial charge in [-0.05, 0) is 54.4 Å². The van der Waals surface area contributed by atoms with Crippen molar-refractivity contribution in [3.8, 4) is 5.75 Å². The molecule has 1 unspecified atom stereocenters. The van der Waals surface area contributed by atoms with Crippen LogP contribution < -0.4 is 10.1 Å². The summed E-state index contributed by atoms with van der Waals surface area (Å²) >= 11 is 0. The molecule has 7 nitrogen and oxygen atoms in total. The third-order valence-corrected chi connectivity index (χ3v) is 5.98. The summed E-state index contributed by atoms with van der Waals surface area (Å²) in [5.74, 6) is -0.672. The monoisotopic (exact) mass is 469 g/mol. The number of aromatic nitrogens is 1. The minimum atomic E-state index is -0.953. The molecule has 1 aliphatic rings. The van der Waals surface area contributed by atoms with E-state index >= 15 is 0 Å². The van der Waals surface area contributed by atoms with Crippen LogP contribution in [-0.2, 0) is 4.79 Å². The number of carboxylic acids is 1. The van der Waals surface area contributed by atoms with Crippen LogP contribution in [0.3, 0.4) is 0 Å². The van der Waals surface area contributed by atoms with Crippen molar-refractivity contribution < 1.29 is 19.4 Å². The summed E-state index contributed by atoms with van der Waals surface area (Å²) in [6.07, 6.45) is 5.47. The Labute approximate surface area is 204 Å². The molecular weight excluding hydrogens is 442 g/mol. The van der Waals surface area contributed by atoms with Gasteiger partial charge in [-0.15, -0.1) is 0 Å². The van der Waals surface area contributed by atoms with Gasteiger partial charge in [0.1, 0.15) is 11.6 Å². The Balaban J connectivity index is 1.59. The number of carboxylic acid groups (broad SMARTS) is 1. The first-order valence-electron chi connectivity index (χ1n) is 11.4. The normalized spacial score (nSPS) is 15.9. The van der Waals surface area contributed by atoms with Gasteiger partial charge in [-0.3, -0.25) is 14.6 Å². The number of carbonyl (C=O) groups excluding carboxylic acids is 1. The van der Waals surface area contributed by atoms with Gasteiger partial charge >= 0.3 is 5.97 Å². The number of aliphatic carboxylic acids is 1. The number of methoxy groups -OCH3 is 1. The molecule has 0 fully saturated rings. The van der Waals surface area contributed by atoms with E-state index in [9.17, 15) is 14.7 Å². The quantitative estimate of drug-likeness (QED) is 0.436. The van der Waals surface area contributed by atoms with E-state index in [0.29, 0.717) is 29.3 Å². The van der Waals surface area contributed by atoms with Gasteiger partial charge in [0, 0.05) is 29.9 Å². The van der Waals surface area contributed by atoms with Gasteiger partial charge in [0.2, 0.25) is 0 Å². The number of nitrogens with zero attached hydrogens (tertiary/aromatic N) is 2. The number of carbonyl (C=O) groups is 2. The second kappa shape index (κ2) is 10.8. The molecule has 0 aliphatic carbocycles. The zero-order valence-corrected chi connectivity index (χ0v) is 19.6. The highest BCUT2D eigenvalue weighted by Gasteiger charge is 2.34. The van der Waals surface area contributed by atoms with E-state index in [-0.39, 0.29) is 12.2 Å². The minimum Gasteiger partial charge on any atom is -0.497 e. The van der Waals surface area contributed by atoms with Crippen LogP contribution >= 0.6 is 0 Å². The molecule has 1 aliphatic heterocycles. The Hall–Kier alpha value is -4.26. The van der Waals surface area contributed by atoms with Crippen molar-refractivity contribution in [1.29, 1.82) is 0 Å². The molecular formula is C28H27N3O4. The Morgan fingerprint density at radius 1 is 1.17 bits per heavy atom. The van der Waals surface area contributed by atoms with E-state index in [1.807, 2.05) is 60.7 Å². The van der Waals surface area contributed by atoms with Crippen molar-refractivity contribution in [2.24, 2.45) is 10.9 Å². The second-order valence-corrected chi connectivity index (χ2v) is 8.32. The van der Waals surface area contributed by atoms with Crippen molar-refractivity contribution in [2.75, 3.05) is 19.0 Å². The number of hydrogen-bond acceptors (Lipinski definition) is 6. The zero-order valence-electron chi connectivity index (χ0n) is 19.6. The lowest BCUT2D eigenvalue weighted by atomic mass is 9.79. The van der Waals surface area contributed by atoms with E-state index in [0.717, 1.165) is 16.9 Å². The van der Waals surface area contributed by atoms with Crippen molar-refractivity contribution in [2.45, 2.75) is 19.3 Å². The van der Waals surface area contributed by atoms with Gasteiger partial charge in [-0.2, -0.15) is 0 Å². The number of pyridine rings is 1. The number of fused-ring (bicyclic) bond motifs is 1. The maximum Gasteiger partial charge on any atom is 0.304 e. The first-order valence-corrected chi connectivity index (χ1v) is 11.4. The van der Waals surface area contributed by atoms with E-state index in [2.05, 4.69) is 10.3 Å². The number of ketones is 1. The molecule has 1 aromatic heterocycles. The van der Waals surface area contributed by atoms with Crippen LogP contribution in [0.5, 0.6) is 5.75 Å². The van der Waals surface area contributed by atoms with Crippen LogP contribution in [-0.4, -0.2) is 41.2 Å².